The normalized spacial score (nSPS) is 10.1. The number of para-hydroxylation sites is 1. The number of nitro groups is 1. The zero-order valence-electron chi connectivity index (χ0n) is 11.2. The summed E-state index contributed by atoms with van der Waals surface area (Å²) >= 11 is 1.47. The highest BCUT2D eigenvalue weighted by atomic mass is 32.2. The molecule has 0 fully saturated rings. The van der Waals surface area contributed by atoms with Crippen LogP contribution in [0.3, 0.4) is 0 Å². The second-order valence-corrected chi connectivity index (χ2v) is 5.32. The van der Waals surface area contributed by atoms with Crippen LogP contribution in [0, 0.1) is 10.1 Å². The molecule has 1 N–H and O–H groups in total. The van der Waals surface area contributed by atoms with Gasteiger partial charge in [0, 0.05) is 23.6 Å². The van der Waals surface area contributed by atoms with Crippen LogP contribution in [0.15, 0.2) is 54.6 Å². The summed E-state index contributed by atoms with van der Waals surface area (Å²) in [6.45, 7) is 0. The largest absolute Gasteiger partial charge is 0.325 e. The lowest BCUT2D eigenvalue weighted by molar-refractivity contribution is -0.384. The molecule has 108 valence electrons. The molecule has 0 heterocycles. The number of hydrogen-bond donors (Lipinski definition) is 1. The number of nitrogens with one attached hydrogen (secondary N) is 1. The van der Waals surface area contributed by atoms with Crippen LogP contribution < -0.4 is 5.32 Å². The van der Waals surface area contributed by atoms with Crippen molar-refractivity contribution in [3.63, 3.8) is 0 Å². The summed E-state index contributed by atoms with van der Waals surface area (Å²) < 4.78 is 0. The molecule has 21 heavy (non-hydrogen) atoms. The van der Waals surface area contributed by atoms with Crippen LogP contribution in [0.2, 0.25) is 0 Å². The first-order chi connectivity index (χ1) is 10.1. The Kier molecular flexibility index (Phi) is 5.34. The van der Waals surface area contributed by atoms with Crippen molar-refractivity contribution >= 4 is 29.0 Å². The van der Waals surface area contributed by atoms with Gasteiger partial charge in [-0.1, -0.05) is 30.3 Å². The molecule has 2 aromatic rings. The van der Waals surface area contributed by atoms with Crippen molar-refractivity contribution in [3.8, 4) is 0 Å². The SMILES string of the molecule is O=C(CSCc1ccc([N+](=O)[O-])cc1)Nc1ccccc1. The van der Waals surface area contributed by atoms with E-state index in [4.69, 9.17) is 0 Å². The molecule has 0 radical (unpaired) electrons. The number of anilines is 1. The summed E-state index contributed by atoms with van der Waals surface area (Å²) in [6, 6.07) is 15.6. The van der Waals surface area contributed by atoms with Gasteiger partial charge in [-0.05, 0) is 17.7 Å². The number of non-ortho nitro benzene ring substituents is 1. The lowest BCUT2D eigenvalue weighted by atomic mass is 10.2. The highest BCUT2D eigenvalue weighted by molar-refractivity contribution is 7.99. The maximum Gasteiger partial charge on any atom is 0.269 e. The third-order valence-electron chi connectivity index (χ3n) is 2.71. The number of carbonyl (C=O) groups is 1. The lowest BCUT2D eigenvalue weighted by Crippen LogP contribution is -2.13. The van der Waals surface area contributed by atoms with Gasteiger partial charge in [0.15, 0.2) is 0 Å². The monoisotopic (exact) mass is 302 g/mol. The molecule has 0 spiro atoms. The molecule has 0 aliphatic carbocycles. The molecule has 0 atom stereocenters. The number of nitro benzene ring substituents is 1. The minimum Gasteiger partial charge on any atom is -0.325 e. The molecule has 0 saturated heterocycles. The summed E-state index contributed by atoms with van der Waals surface area (Å²) in [4.78, 5) is 21.8. The fraction of sp³-hybridized carbons (Fsp3) is 0.133. The van der Waals surface area contributed by atoms with Gasteiger partial charge in [-0.25, -0.2) is 0 Å². The molecule has 2 rings (SSSR count). The van der Waals surface area contributed by atoms with E-state index in [-0.39, 0.29) is 11.6 Å². The maximum absolute atomic E-state index is 11.7. The summed E-state index contributed by atoms with van der Waals surface area (Å²) in [6.07, 6.45) is 0. The Morgan fingerprint density at radius 1 is 1.10 bits per heavy atom. The standard InChI is InChI=1S/C15H14N2O3S/c18-15(16-13-4-2-1-3-5-13)11-21-10-12-6-8-14(9-7-12)17(19)20/h1-9H,10-11H2,(H,16,18). The third kappa shape index (κ3) is 4.92. The quantitative estimate of drug-likeness (QED) is 0.655. The van der Waals surface area contributed by atoms with Crippen molar-refractivity contribution < 1.29 is 9.72 Å². The van der Waals surface area contributed by atoms with Crippen molar-refractivity contribution in [3.05, 3.63) is 70.3 Å². The lowest BCUT2D eigenvalue weighted by Gasteiger charge is -2.05. The Morgan fingerprint density at radius 3 is 2.38 bits per heavy atom. The Bertz CT molecular complexity index is 615. The number of nitrogens with zero attached hydrogens (tertiary/aromatic N) is 1. The first kappa shape index (κ1) is 15.1. The molecule has 0 aromatic heterocycles. The third-order valence-corrected chi connectivity index (χ3v) is 3.71. The van der Waals surface area contributed by atoms with Crippen LogP contribution in [-0.2, 0) is 10.5 Å². The van der Waals surface area contributed by atoms with Crippen LogP contribution in [0.25, 0.3) is 0 Å². The van der Waals surface area contributed by atoms with E-state index in [0.29, 0.717) is 11.5 Å². The van der Waals surface area contributed by atoms with Crippen LogP contribution in [0.5, 0.6) is 0 Å². The first-order valence-corrected chi connectivity index (χ1v) is 7.46. The van der Waals surface area contributed by atoms with Crippen LogP contribution in [0.4, 0.5) is 11.4 Å². The molecule has 0 bridgehead atoms. The predicted octanol–water partition coefficient (Wildman–Crippen LogP) is 3.47. The van der Waals surface area contributed by atoms with Gasteiger partial charge >= 0.3 is 0 Å². The van der Waals surface area contributed by atoms with E-state index in [9.17, 15) is 14.9 Å². The number of carbonyl (C=O) groups excluding carboxylic acids is 1. The molecule has 0 saturated carbocycles. The smallest absolute Gasteiger partial charge is 0.269 e. The van der Waals surface area contributed by atoms with Crippen molar-refractivity contribution in [2.24, 2.45) is 0 Å². The molecule has 6 heteroatoms. The summed E-state index contributed by atoms with van der Waals surface area (Å²) in [7, 11) is 0. The van der Waals surface area contributed by atoms with E-state index in [0.717, 1.165) is 11.3 Å². The molecule has 0 unspecified atom stereocenters. The molecular weight excluding hydrogens is 288 g/mol. The van der Waals surface area contributed by atoms with Gasteiger partial charge in [0.05, 0.1) is 10.7 Å². The van der Waals surface area contributed by atoms with E-state index >= 15 is 0 Å². The van der Waals surface area contributed by atoms with Crippen molar-refractivity contribution in [2.75, 3.05) is 11.1 Å². The van der Waals surface area contributed by atoms with Gasteiger partial charge in [-0.2, -0.15) is 0 Å². The average Bonchev–Trinajstić information content (AvgIpc) is 2.49. The van der Waals surface area contributed by atoms with E-state index < -0.39 is 4.92 Å². The van der Waals surface area contributed by atoms with Gasteiger partial charge < -0.3 is 5.32 Å². The fourth-order valence-electron chi connectivity index (χ4n) is 1.69. The van der Waals surface area contributed by atoms with E-state index in [1.165, 1.54) is 23.9 Å². The number of benzene rings is 2. The van der Waals surface area contributed by atoms with Crippen molar-refractivity contribution in [1.82, 2.24) is 0 Å². The zero-order chi connectivity index (χ0) is 15.1. The Balaban J connectivity index is 1.76. The van der Waals surface area contributed by atoms with Gasteiger partial charge in [0.2, 0.25) is 5.91 Å². The molecule has 5 nitrogen and oxygen atoms in total. The minimum atomic E-state index is -0.426. The molecule has 0 aliphatic rings. The summed E-state index contributed by atoms with van der Waals surface area (Å²) in [5.41, 5.74) is 1.81. The van der Waals surface area contributed by atoms with Gasteiger partial charge in [0.1, 0.15) is 0 Å². The topological polar surface area (TPSA) is 72.2 Å². The maximum atomic E-state index is 11.7. The summed E-state index contributed by atoms with van der Waals surface area (Å²) in [5, 5.41) is 13.3. The molecule has 2 aromatic carbocycles. The van der Waals surface area contributed by atoms with E-state index in [2.05, 4.69) is 5.32 Å². The number of thioether (sulfide) groups is 1. The van der Waals surface area contributed by atoms with Crippen LogP contribution in [0.1, 0.15) is 5.56 Å². The van der Waals surface area contributed by atoms with E-state index in [1.54, 1.807) is 12.1 Å². The molecule has 1 amide bonds. The Labute approximate surface area is 126 Å². The Morgan fingerprint density at radius 2 is 1.76 bits per heavy atom. The van der Waals surface area contributed by atoms with Crippen LogP contribution in [-0.4, -0.2) is 16.6 Å². The molecular formula is C15H14N2O3S. The summed E-state index contributed by atoms with van der Waals surface area (Å²) in [5.74, 6) is 0.916. The van der Waals surface area contributed by atoms with Gasteiger partial charge in [0.25, 0.3) is 5.69 Å². The number of amides is 1. The minimum absolute atomic E-state index is 0.0619. The number of hydrogen-bond acceptors (Lipinski definition) is 4. The highest BCUT2D eigenvalue weighted by Gasteiger charge is 2.05. The second-order valence-electron chi connectivity index (χ2n) is 4.33. The average molecular weight is 302 g/mol. The zero-order valence-corrected chi connectivity index (χ0v) is 12.0. The molecule has 0 aliphatic heterocycles. The Hall–Kier alpha value is -2.34. The van der Waals surface area contributed by atoms with Crippen LogP contribution >= 0.6 is 11.8 Å². The first-order valence-electron chi connectivity index (χ1n) is 6.31. The van der Waals surface area contributed by atoms with E-state index in [1.807, 2.05) is 30.3 Å². The highest BCUT2D eigenvalue weighted by Crippen LogP contribution is 2.17. The fourth-order valence-corrected chi connectivity index (χ4v) is 2.48. The van der Waals surface area contributed by atoms with Crippen molar-refractivity contribution in [2.45, 2.75) is 5.75 Å². The van der Waals surface area contributed by atoms with Gasteiger partial charge in [-0.15, -0.1) is 11.8 Å². The van der Waals surface area contributed by atoms with Gasteiger partial charge in [-0.3, -0.25) is 14.9 Å². The number of rotatable bonds is 6. The van der Waals surface area contributed by atoms with Crippen molar-refractivity contribution in [1.29, 1.82) is 0 Å². The predicted molar refractivity (Wildman–Crippen MR) is 84.3 cm³/mol. The second kappa shape index (κ2) is 7.44.